The van der Waals surface area contributed by atoms with Crippen LogP contribution >= 0.6 is 11.8 Å². The van der Waals surface area contributed by atoms with Crippen LogP contribution in [0.5, 0.6) is 0 Å². The molecule has 204 valence electrons. The average Bonchev–Trinajstić information content (AvgIpc) is 3.53. The molecular weight excluding hydrogens is 549 g/mol. The molecule has 0 amide bonds. The summed E-state index contributed by atoms with van der Waals surface area (Å²) >= 11 is 1.79. The lowest BCUT2D eigenvalue weighted by Crippen LogP contribution is -2.26. The Balaban J connectivity index is 0.00000141. The van der Waals surface area contributed by atoms with Crippen molar-refractivity contribution >= 4 is 22.6 Å². The van der Waals surface area contributed by atoms with Gasteiger partial charge < -0.3 is 0 Å². The fourth-order valence-corrected chi connectivity index (χ4v) is 8.55. The van der Waals surface area contributed by atoms with E-state index in [2.05, 4.69) is 109 Å². The highest BCUT2D eigenvalue weighted by atomic mass is 32.2. The highest BCUT2D eigenvalue weighted by molar-refractivity contribution is 7.99. The minimum Gasteiger partial charge on any atom is -0.249 e. The zero-order chi connectivity index (χ0) is 28.7. The third-order valence-corrected chi connectivity index (χ3v) is 10.6. The van der Waals surface area contributed by atoms with Gasteiger partial charge in [0.2, 0.25) is 0 Å². The van der Waals surface area contributed by atoms with Crippen LogP contribution in [0.4, 0.5) is 0 Å². The van der Waals surface area contributed by atoms with E-state index < -0.39 is 16.2 Å². The molecule has 0 fully saturated rings. The predicted molar refractivity (Wildman–Crippen MR) is 176 cm³/mol. The van der Waals surface area contributed by atoms with Crippen molar-refractivity contribution in [1.29, 1.82) is 0 Å². The van der Waals surface area contributed by atoms with Gasteiger partial charge >= 0.3 is 0 Å². The smallest absolute Gasteiger partial charge is 0.0849 e. The summed E-state index contributed by atoms with van der Waals surface area (Å²) in [5.41, 5.74) is 9.62. The van der Waals surface area contributed by atoms with Crippen LogP contribution in [-0.4, -0.2) is 4.21 Å². The standard InChI is InChI=1S/C37H24OS2.C2H6/c38-40(27-13-5-2-6-14-27)28-20-22-32-31-21-19-26(39-25-11-3-1-4-12-25)23-35(31)37(36(32)24-28)33-17-9-7-15-29(33)30-16-8-10-18-34(30)37;1-2/h1-24H;1-2H3. The topological polar surface area (TPSA) is 17.1 Å². The largest absolute Gasteiger partial charge is 0.249 e. The van der Waals surface area contributed by atoms with E-state index in [4.69, 9.17) is 0 Å². The summed E-state index contributed by atoms with van der Waals surface area (Å²) in [5.74, 6) is 0. The first-order valence-corrected chi connectivity index (χ1v) is 16.4. The minimum atomic E-state index is -1.27. The molecule has 1 spiro atoms. The molecule has 0 saturated carbocycles. The lowest BCUT2D eigenvalue weighted by molar-refractivity contribution is 0.682. The Kier molecular flexibility index (Phi) is 6.93. The number of fused-ring (bicyclic) bond motifs is 10. The van der Waals surface area contributed by atoms with Gasteiger partial charge in [-0.05, 0) is 93.0 Å². The fourth-order valence-electron chi connectivity index (χ4n) is 6.58. The maximum atomic E-state index is 13.8. The molecule has 3 heteroatoms. The van der Waals surface area contributed by atoms with Crippen LogP contribution in [0.1, 0.15) is 36.1 Å². The van der Waals surface area contributed by atoms with Gasteiger partial charge in [0.05, 0.1) is 16.2 Å². The molecule has 42 heavy (non-hydrogen) atoms. The van der Waals surface area contributed by atoms with Crippen LogP contribution in [0.25, 0.3) is 22.3 Å². The highest BCUT2D eigenvalue weighted by Gasteiger charge is 2.51. The molecule has 0 saturated heterocycles. The Morgan fingerprint density at radius 3 is 1.60 bits per heavy atom. The predicted octanol–water partition coefficient (Wildman–Crippen LogP) is 10.4. The third-order valence-electron chi connectivity index (χ3n) is 8.18. The molecule has 8 rings (SSSR count). The van der Waals surface area contributed by atoms with Crippen molar-refractivity contribution in [2.24, 2.45) is 0 Å². The van der Waals surface area contributed by atoms with Crippen LogP contribution in [0, 0.1) is 0 Å². The van der Waals surface area contributed by atoms with Gasteiger partial charge in [-0.15, -0.1) is 0 Å². The summed E-state index contributed by atoms with van der Waals surface area (Å²) < 4.78 is 13.8. The molecule has 1 unspecified atom stereocenters. The second-order valence-corrected chi connectivity index (χ2v) is 12.9. The molecule has 0 radical (unpaired) electrons. The highest BCUT2D eigenvalue weighted by Crippen LogP contribution is 2.63. The summed E-state index contributed by atoms with van der Waals surface area (Å²) in [4.78, 5) is 4.09. The van der Waals surface area contributed by atoms with Crippen molar-refractivity contribution in [1.82, 2.24) is 0 Å². The minimum absolute atomic E-state index is 0.470. The normalized spacial score (nSPS) is 13.8. The first-order chi connectivity index (χ1) is 20.7. The Morgan fingerprint density at radius 2 is 0.952 bits per heavy atom. The third kappa shape index (κ3) is 4.03. The molecule has 0 N–H and O–H groups in total. The molecule has 0 bridgehead atoms. The molecular formula is C39H30OS2. The van der Waals surface area contributed by atoms with Gasteiger partial charge in [0, 0.05) is 19.6 Å². The van der Waals surface area contributed by atoms with Crippen LogP contribution in [0.3, 0.4) is 0 Å². The number of hydrogen-bond donors (Lipinski definition) is 0. The van der Waals surface area contributed by atoms with Gasteiger partial charge in [-0.1, -0.05) is 123 Å². The van der Waals surface area contributed by atoms with Crippen molar-refractivity contribution in [3.63, 3.8) is 0 Å². The van der Waals surface area contributed by atoms with Crippen LogP contribution in [-0.2, 0) is 16.2 Å². The fraction of sp³-hybridized carbons (Fsp3) is 0.0769. The van der Waals surface area contributed by atoms with Gasteiger partial charge in [-0.2, -0.15) is 0 Å². The molecule has 0 heterocycles. The zero-order valence-electron chi connectivity index (χ0n) is 23.6. The van der Waals surface area contributed by atoms with Crippen LogP contribution in [0.2, 0.25) is 0 Å². The van der Waals surface area contributed by atoms with E-state index in [0.29, 0.717) is 0 Å². The van der Waals surface area contributed by atoms with Crippen molar-refractivity contribution in [3.05, 3.63) is 168 Å². The maximum absolute atomic E-state index is 13.8. The number of benzene rings is 6. The molecule has 2 aliphatic carbocycles. The first kappa shape index (κ1) is 26.7. The van der Waals surface area contributed by atoms with E-state index in [1.54, 1.807) is 11.8 Å². The second kappa shape index (κ2) is 10.9. The van der Waals surface area contributed by atoms with Gasteiger partial charge in [0.1, 0.15) is 0 Å². The summed E-state index contributed by atoms with van der Waals surface area (Å²) in [7, 11) is -1.27. The van der Waals surface area contributed by atoms with E-state index >= 15 is 0 Å². The van der Waals surface area contributed by atoms with Gasteiger partial charge in [-0.25, -0.2) is 4.21 Å². The molecule has 1 atom stereocenters. The van der Waals surface area contributed by atoms with Crippen molar-refractivity contribution in [2.45, 2.75) is 38.8 Å². The van der Waals surface area contributed by atoms with Crippen molar-refractivity contribution in [3.8, 4) is 22.3 Å². The van der Waals surface area contributed by atoms with Crippen molar-refractivity contribution < 1.29 is 4.21 Å². The van der Waals surface area contributed by atoms with Crippen molar-refractivity contribution in [2.75, 3.05) is 0 Å². The van der Waals surface area contributed by atoms with E-state index in [1.165, 1.54) is 54.3 Å². The summed E-state index contributed by atoms with van der Waals surface area (Å²) in [5, 5.41) is 0. The van der Waals surface area contributed by atoms with E-state index in [0.717, 1.165) is 9.79 Å². The Hall–Kier alpha value is -4.18. The van der Waals surface area contributed by atoms with Crippen LogP contribution in [0.15, 0.2) is 165 Å². The van der Waals surface area contributed by atoms with E-state index in [-0.39, 0.29) is 0 Å². The summed E-state index contributed by atoms with van der Waals surface area (Å²) in [6.07, 6.45) is 0. The Bertz CT molecular complexity index is 1900. The number of hydrogen-bond acceptors (Lipinski definition) is 2. The quantitative estimate of drug-likeness (QED) is 0.207. The van der Waals surface area contributed by atoms with Gasteiger partial charge in [0.15, 0.2) is 0 Å². The Labute approximate surface area is 254 Å². The SMILES string of the molecule is CC.O=S(c1ccccc1)c1ccc2c(c1)C1(c3ccccc3-c3ccccc31)c1cc(Sc3ccccc3)ccc1-2. The number of rotatable bonds is 4. The first-order valence-electron chi connectivity index (χ1n) is 14.4. The Morgan fingerprint density at radius 1 is 0.452 bits per heavy atom. The zero-order valence-corrected chi connectivity index (χ0v) is 25.2. The molecule has 6 aromatic carbocycles. The summed E-state index contributed by atoms with van der Waals surface area (Å²) in [6, 6.07) is 51.3. The summed E-state index contributed by atoms with van der Waals surface area (Å²) in [6.45, 7) is 4.00. The molecule has 1 nitrogen and oxygen atoms in total. The van der Waals surface area contributed by atoms with Gasteiger partial charge in [-0.3, -0.25) is 0 Å². The van der Waals surface area contributed by atoms with Gasteiger partial charge in [0.25, 0.3) is 0 Å². The average molecular weight is 579 g/mol. The molecule has 0 aliphatic heterocycles. The second-order valence-electron chi connectivity index (χ2n) is 10.3. The van der Waals surface area contributed by atoms with E-state index in [1.807, 2.05) is 50.2 Å². The molecule has 6 aromatic rings. The van der Waals surface area contributed by atoms with Crippen LogP contribution < -0.4 is 0 Å². The molecule has 0 aromatic heterocycles. The maximum Gasteiger partial charge on any atom is 0.0849 e. The monoisotopic (exact) mass is 578 g/mol. The lowest BCUT2D eigenvalue weighted by Gasteiger charge is -2.31. The molecule has 2 aliphatic rings. The van der Waals surface area contributed by atoms with E-state index in [9.17, 15) is 4.21 Å². The lowest BCUT2D eigenvalue weighted by atomic mass is 9.70.